The van der Waals surface area contributed by atoms with E-state index in [0.717, 1.165) is 25.8 Å². The number of carbonyl (C=O) groups is 1. The molecule has 1 aromatic carbocycles. The zero-order chi connectivity index (χ0) is 11.4. The minimum Gasteiger partial charge on any atom is -0.369 e. The Morgan fingerprint density at radius 3 is 2.69 bits per heavy atom. The first kappa shape index (κ1) is 11.1. The monoisotopic (exact) mass is 218 g/mol. The summed E-state index contributed by atoms with van der Waals surface area (Å²) in [5.41, 5.74) is 6.58. The molecule has 86 valence electrons. The molecule has 0 radical (unpaired) electrons. The standard InChI is InChI=1S/C13H18N2O/c14-13(16)11-6-7-12(8-11)15-9-10-4-2-1-3-5-10/h1-5,11-12,15H,6-9H2,(H2,14,16)/t11-,12+/m1/s1. The third-order valence-electron chi connectivity index (χ3n) is 3.27. The number of hydrogen-bond acceptors (Lipinski definition) is 2. The number of carbonyl (C=O) groups excluding carboxylic acids is 1. The highest BCUT2D eigenvalue weighted by atomic mass is 16.1. The largest absolute Gasteiger partial charge is 0.369 e. The van der Waals surface area contributed by atoms with Crippen molar-refractivity contribution in [3.63, 3.8) is 0 Å². The summed E-state index contributed by atoms with van der Waals surface area (Å²) in [4.78, 5) is 11.0. The molecule has 3 N–H and O–H groups in total. The first-order valence-corrected chi connectivity index (χ1v) is 5.82. The van der Waals surface area contributed by atoms with Crippen molar-refractivity contribution in [2.45, 2.75) is 31.8 Å². The SMILES string of the molecule is NC(=O)[C@@H]1CC[C@H](NCc2ccccc2)C1. The number of primary amides is 1. The third-order valence-corrected chi connectivity index (χ3v) is 3.27. The number of hydrogen-bond donors (Lipinski definition) is 2. The summed E-state index contributed by atoms with van der Waals surface area (Å²) in [6.45, 7) is 0.872. The van der Waals surface area contributed by atoms with E-state index in [1.807, 2.05) is 18.2 Å². The molecule has 16 heavy (non-hydrogen) atoms. The lowest BCUT2D eigenvalue weighted by Crippen LogP contribution is -2.28. The van der Waals surface area contributed by atoms with Crippen molar-refractivity contribution in [1.82, 2.24) is 5.32 Å². The van der Waals surface area contributed by atoms with Gasteiger partial charge in [0.25, 0.3) is 0 Å². The van der Waals surface area contributed by atoms with Crippen molar-refractivity contribution in [3.05, 3.63) is 35.9 Å². The van der Waals surface area contributed by atoms with Gasteiger partial charge >= 0.3 is 0 Å². The van der Waals surface area contributed by atoms with Crippen LogP contribution in [0.1, 0.15) is 24.8 Å². The molecule has 0 unspecified atom stereocenters. The highest BCUT2D eigenvalue weighted by Gasteiger charge is 2.27. The molecule has 2 rings (SSSR count). The lowest BCUT2D eigenvalue weighted by atomic mass is 10.1. The van der Waals surface area contributed by atoms with E-state index in [-0.39, 0.29) is 11.8 Å². The average molecular weight is 218 g/mol. The zero-order valence-electron chi connectivity index (χ0n) is 9.36. The second-order valence-corrected chi connectivity index (χ2v) is 4.48. The van der Waals surface area contributed by atoms with Crippen LogP contribution in [0.4, 0.5) is 0 Å². The molecule has 3 heteroatoms. The molecule has 0 aliphatic heterocycles. The van der Waals surface area contributed by atoms with Gasteiger partial charge in [-0.05, 0) is 24.8 Å². The van der Waals surface area contributed by atoms with Gasteiger partial charge in [-0.2, -0.15) is 0 Å². The molecule has 1 amide bonds. The fourth-order valence-corrected chi connectivity index (χ4v) is 2.28. The number of nitrogens with one attached hydrogen (secondary N) is 1. The summed E-state index contributed by atoms with van der Waals surface area (Å²) in [5, 5.41) is 3.47. The molecule has 0 aromatic heterocycles. The Kier molecular flexibility index (Phi) is 3.57. The smallest absolute Gasteiger partial charge is 0.220 e. The number of amides is 1. The number of benzene rings is 1. The Bertz CT molecular complexity index is 350. The molecule has 1 aliphatic carbocycles. The summed E-state index contributed by atoms with van der Waals surface area (Å²) in [5.74, 6) is -0.0720. The molecular weight excluding hydrogens is 200 g/mol. The Morgan fingerprint density at radius 2 is 2.06 bits per heavy atom. The van der Waals surface area contributed by atoms with Crippen molar-refractivity contribution in [3.8, 4) is 0 Å². The van der Waals surface area contributed by atoms with Gasteiger partial charge in [0.1, 0.15) is 0 Å². The molecular formula is C13H18N2O. The van der Waals surface area contributed by atoms with E-state index in [1.165, 1.54) is 5.56 Å². The van der Waals surface area contributed by atoms with Crippen LogP contribution in [0, 0.1) is 5.92 Å². The van der Waals surface area contributed by atoms with Crippen LogP contribution in [0.15, 0.2) is 30.3 Å². The van der Waals surface area contributed by atoms with Crippen molar-refractivity contribution in [1.29, 1.82) is 0 Å². The van der Waals surface area contributed by atoms with Gasteiger partial charge in [-0.1, -0.05) is 30.3 Å². The second-order valence-electron chi connectivity index (χ2n) is 4.48. The molecule has 0 heterocycles. The predicted octanol–water partition coefficient (Wildman–Crippen LogP) is 1.43. The van der Waals surface area contributed by atoms with Crippen molar-refractivity contribution in [2.24, 2.45) is 11.7 Å². The van der Waals surface area contributed by atoms with Crippen LogP contribution in [0.25, 0.3) is 0 Å². The van der Waals surface area contributed by atoms with Crippen LogP contribution in [0.3, 0.4) is 0 Å². The molecule has 1 aliphatic rings. The highest BCUT2D eigenvalue weighted by molar-refractivity contribution is 5.76. The van der Waals surface area contributed by atoms with E-state index in [2.05, 4.69) is 17.4 Å². The van der Waals surface area contributed by atoms with Crippen LogP contribution in [0.2, 0.25) is 0 Å². The molecule has 1 fully saturated rings. The lowest BCUT2D eigenvalue weighted by molar-refractivity contribution is -0.121. The maximum atomic E-state index is 11.0. The Balaban J connectivity index is 1.78. The first-order valence-electron chi connectivity index (χ1n) is 5.82. The van der Waals surface area contributed by atoms with Gasteiger partial charge in [0.15, 0.2) is 0 Å². The Morgan fingerprint density at radius 1 is 1.31 bits per heavy atom. The first-order chi connectivity index (χ1) is 7.75. The normalized spacial score (nSPS) is 24.5. The van der Waals surface area contributed by atoms with E-state index < -0.39 is 0 Å². The molecule has 0 spiro atoms. The minimum absolute atomic E-state index is 0.0771. The second kappa shape index (κ2) is 5.12. The lowest BCUT2D eigenvalue weighted by Gasteiger charge is -2.12. The van der Waals surface area contributed by atoms with Gasteiger partial charge in [-0.25, -0.2) is 0 Å². The number of nitrogens with two attached hydrogens (primary N) is 1. The van der Waals surface area contributed by atoms with Gasteiger partial charge in [-0.3, -0.25) is 4.79 Å². The van der Waals surface area contributed by atoms with Gasteiger partial charge in [0.05, 0.1) is 0 Å². The Hall–Kier alpha value is -1.35. The minimum atomic E-state index is -0.149. The van der Waals surface area contributed by atoms with Crippen LogP contribution in [-0.4, -0.2) is 11.9 Å². The van der Waals surface area contributed by atoms with Crippen LogP contribution in [0.5, 0.6) is 0 Å². The van der Waals surface area contributed by atoms with E-state index in [1.54, 1.807) is 0 Å². The fourth-order valence-electron chi connectivity index (χ4n) is 2.28. The molecule has 0 saturated heterocycles. The van der Waals surface area contributed by atoms with E-state index in [0.29, 0.717) is 6.04 Å². The Labute approximate surface area is 96.0 Å². The van der Waals surface area contributed by atoms with E-state index in [9.17, 15) is 4.79 Å². The predicted molar refractivity (Wildman–Crippen MR) is 63.6 cm³/mol. The summed E-state index contributed by atoms with van der Waals surface area (Å²) in [6, 6.07) is 10.7. The summed E-state index contributed by atoms with van der Waals surface area (Å²) < 4.78 is 0. The number of rotatable bonds is 4. The summed E-state index contributed by atoms with van der Waals surface area (Å²) >= 11 is 0. The maximum absolute atomic E-state index is 11.0. The summed E-state index contributed by atoms with van der Waals surface area (Å²) in [6.07, 6.45) is 2.88. The van der Waals surface area contributed by atoms with Crippen molar-refractivity contribution < 1.29 is 4.79 Å². The van der Waals surface area contributed by atoms with Gasteiger partial charge < -0.3 is 11.1 Å². The maximum Gasteiger partial charge on any atom is 0.220 e. The van der Waals surface area contributed by atoms with Crippen molar-refractivity contribution >= 4 is 5.91 Å². The molecule has 1 saturated carbocycles. The molecule has 3 nitrogen and oxygen atoms in total. The fraction of sp³-hybridized carbons (Fsp3) is 0.462. The molecule has 2 atom stereocenters. The van der Waals surface area contributed by atoms with Crippen LogP contribution >= 0.6 is 0 Å². The summed E-state index contributed by atoms with van der Waals surface area (Å²) in [7, 11) is 0. The van der Waals surface area contributed by atoms with E-state index >= 15 is 0 Å². The zero-order valence-corrected chi connectivity index (χ0v) is 9.36. The topological polar surface area (TPSA) is 55.1 Å². The van der Waals surface area contributed by atoms with Crippen LogP contribution in [-0.2, 0) is 11.3 Å². The van der Waals surface area contributed by atoms with Gasteiger partial charge in [0, 0.05) is 18.5 Å². The van der Waals surface area contributed by atoms with Gasteiger partial charge in [-0.15, -0.1) is 0 Å². The van der Waals surface area contributed by atoms with E-state index in [4.69, 9.17) is 5.73 Å². The third kappa shape index (κ3) is 2.83. The molecule has 1 aromatic rings. The van der Waals surface area contributed by atoms with Crippen LogP contribution < -0.4 is 11.1 Å². The highest BCUT2D eigenvalue weighted by Crippen LogP contribution is 2.25. The average Bonchev–Trinajstić information content (AvgIpc) is 2.76. The van der Waals surface area contributed by atoms with Crippen molar-refractivity contribution in [2.75, 3.05) is 0 Å². The quantitative estimate of drug-likeness (QED) is 0.803. The molecule has 0 bridgehead atoms. The van der Waals surface area contributed by atoms with Gasteiger partial charge in [0.2, 0.25) is 5.91 Å².